The van der Waals surface area contributed by atoms with Crippen LogP contribution in [0.2, 0.25) is 0 Å². The van der Waals surface area contributed by atoms with Gasteiger partial charge in [-0.25, -0.2) is 0 Å². The van der Waals surface area contributed by atoms with Crippen molar-refractivity contribution in [3.63, 3.8) is 0 Å². The summed E-state index contributed by atoms with van der Waals surface area (Å²) in [4.78, 5) is 12.3. The van der Waals surface area contributed by atoms with Gasteiger partial charge < -0.3 is 5.73 Å². The van der Waals surface area contributed by atoms with Crippen LogP contribution in [0.25, 0.3) is 0 Å². The van der Waals surface area contributed by atoms with Crippen LogP contribution in [-0.2, 0) is 11.3 Å². The highest BCUT2D eigenvalue weighted by atomic mass is 79.9. The van der Waals surface area contributed by atoms with E-state index in [9.17, 15) is 4.79 Å². The van der Waals surface area contributed by atoms with Crippen molar-refractivity contribution in [2.75, 3.05) is 0 Å². The van der Waals surface area contributed by atoms with Crippen LogP contribution in [0.1, 0.15) is 49.9 Å². The summed E-state index contributed by atoms with van der Waals surface area (Å²) in [5.41, 5.74) is 10.6. The number of nitrogens with zero attached hydrogens (tertiary/aromatic N) is 3. The number of aromatic nitrogens is 2. The summed E-state index contributed by atoms with van der Waals surface area (Å²) in [5.74, 6) is -0.0907. The molecule has 1 aromatic heterocycles. The summed E-state index contributed by atoms with van der Waals surface area (Å²) in [6.45, 7) is 4.44. The molecule has 0 radical (unpaired) electrons. The summed E-state index contributed by atoms with van der Waals surface area (Å²) < 4.78 is 2.83. The van der Waals surface area contributed by atoms with Crippen molar-refractivity contribution in [2.45, 2.75) is 65.0 Å². The van der Waals surface area contributed by atoms with Crippen molar-refractivity contribution in [1.29, 1.82) is 0 Å². The maximum absolute atomic E-state index is 12.3. The van der Waals surface area contributed by atoms with Gasteiger partial charge in [0.05, 0.1) is 22.8 Å². The molecule has 0 saturated heterocycles. The maximum atomic E-state index is 12.3. The molecule has 1 saturated carbocycles. The number of hydrogen-bond acceptors (Lipinski definition) is 3. The van der Waals surface area contributed by atoms with Crippen LogP contribution < -0.4 is 11.2 Å². The Morgan fingerprint density at radius 2 is 2.09 bits per heavy atom. The number of carbonyl (C=O) groups excluding carboxylic acids is 1. The molecule has 1 aliphatic rings. The fraction of sp³-hybridized carbons (Fsp3) is 0.667. The summed E-state index contributed by atoms with van der Waals surface area (Å²) in [6, 6.07) is 0.216. The van der Waals surface area contributed by atoms with Gasteiger partial charge in [-0.05, 0) is 54.8 Å². The molecule has 0 atom stereocenters. The number of nitrogens with two attached hydrogens (primary N) is 1. The Bertz CT molecular complexity index is 583. The lowest BCUT2D eigenvalue weighted by Crippen LogP contribution is -2.54. The number of rotatable bonds is 4. The van der Waals surface area contributed by atoms with E-state index in [-0.39, 0.29) is 17.1 Å². The minimum Gasteiger partial charge on any atom is -0.375 e. The molecular weight excluding hydrogens is 378 g/mol. The highest BCUT2D eigenvalue weighted by molar-refractivity contribution is 9.10. The van der Waals surface area contributed by atoms with E-state index in [1.54, 1.807) is 5.01 Å². The van der Waals surface area contributed by atoms with Gasteiger partial charge in [-0.2, -0.15) is 5.10 Å². The molecule has 0 unspecified atom stereocenters. The van der Waals surface area contributed by atoms with E-state index in [0.29, 0.717) is 13.0 Å². The zero-order valence-corrected chi connectivity index (χ0v) is 16.0. The molecule has 1 amide bonds. The van der Waals surface area contributed by atoms with Crippen LogP contribution in [0.3, 0.4) is 0 Å². The first-order valence-corrected chi connectivity index (χ1v) is 9.18. The first kappa shape index (κ1) is 18.2. The number of halogens is 1. The Labute approximate surface area is 150 Å². The van der Waals surface area contributed by atoms with Gasteiger partial charge in [0, 0.05) is 12.1 Å². The van der Waals surface area contributed by atoms with Crippen LogP contribution in [-0.4, -0.2) is 31.9 Å². The fourth-order valence-electron chi connectivity index (χ4n) is 2.96. The third-order valence-electron chi connectivity index (χ3n) is 4.27. The van der Waals surface area contributed by atoms with Gasteiger partial charge in [0.25, 0.3) is 0 Å². The minimum atomic E-state index is -0.0907. The van der Waals surface area contributed by atoms with E-state index in [0.717, 1.165) is 41.5 Å². The van der Waals surface area contributed by atoms with Crippen LogP contribution in [0, 0.1) is 13.8 Å². The van der Waals surface area contributed by atoms with Crippen LogP contribution in [0.15, 0.2) is 4.47 Å². The molecule has 0 aromatic carbocycles. The molecule has 3 N–H and O–H groups in total. The molecule has 1 heterocycles. The average Bonchev–Trinajstić information content (AvgIpc) is 2.78. The molecule has 2 rings (SSSR count). The Kier molecular flexibility index (Phi) is 6.41. The summed E-state index contributed by atoms with van der Waals surface area (Å²) in [6.07, 6.45) is 5.91. The molecule has 0 spiro atoms. The second-order valence-electron chi connectivity index (χ2n) is 5.99. The zero-order chi connectivity index (χ0) is 17.0. The molecule has 1 aromatic rings. The highest BCUT2D eigenvalue weighted by Crippen LogP contribution is 2.22. The molecule has 0 aliphatic heterocycles. The van der Waals surface area contributed by atoms with Crippen molar-refractivity contribution in [2.24, 2.45) is 5.73 Å². The fourth-order valence-corrected chi connectivity index (χ4v) is 3.43. The van der Waals surface area contributed by atoms with Crippen molar-refractivity contribution in [3.8, 4) is 0 Å². The van der Waals surface area contributed by atoms with E-state index in [1.165, 1.54) is 6.42 Å². The Morgan fingerprint density at radius 3 is 2.61 bits per heavy atom. The number of hydrazine groups is 1. The Morgan fingerprint density at radius 1 is 1.43 bits per heavy atom. The standard InChI is InChI=1S/C15H24BrN5OS/c1-10-14(16)11(2)20(18-10)9-8-13(22)19-21(15(17)23)12-6-4-3-5-7-12/h12H,3-9H2,1-2H3,(H2,17,23)(H,19,22). The normalized spacial score (nSPS) is 15.4. The van der Waals surface area contributed by atoms with E-state index in [4.69, 9.17) is 18.0 Å². The van der Waals surface area contributed by atoms with Crippen molar-refractivity contribution in [1.82, 2.24) is 20.2 Å². The number of thiocarbonyl (C=S) groups is 1. The van der Waals surface area contributed by atoms with E-state index in [1.807, 2.05) is 18.5 Å². The molecular formula is C15H24BrN5OS. The van der Waals surface area contributed by atoms with Crippen molar-refractivity contribution in [3.05, 3.63) is 15.9 Å². The van der Waals surface area contributed by atoms with Crippen LogP contribution in [0.4, 0.5) is 0 Å². The number of hydrogen-bond donors (Lipinski definition) is 2. The lowest BCUT2D eigenvalue weighted by Gasteiger charge is -2.34. The summed E-state index contributed by atoms with van der Waals surface area (Å²) in [7, 11) is 0. The van der Waals surface area contributed by atoms with Crippen LogP contribution >= 0.6 is 28.1 Å². The molecule has 1 aliphatic carbocycles. The topological polar surface area (TPSA) is 76.2 Å². The Hall–Kier alpha value is -1.15. The second kappa shape index (κ2) is 8.10. The maximum Gasteiger partial charge on any atom is 0.240 e. The van der Waals surface area contributed by atoms with Gasteiger partial charge in [0.2, 0.25) is 5.91 Å². The van der Waals surface area contributed by atoms with Crippen molar-refractivity contribution < 1.29 is 4.79 Å². The number of amides is 1. The van der Waals surface area contributed by atoms with Crippen LogP contribution in [0.5, 0.6) is 0 Å². The zero-order valence-electron chi connectivity index (χ0n) is 13.6. The molecule has 23 heavy (non-hydrogen) atoms. The third-order valence-corrected chi connectivity index (χ3v) is 5.61. The lowest BCUT2D eigenvalue weighted by atomic mass is 9.95. The molecule has 6 nitrogen and oxygen atoms in total. The van der Waals surface area contributed by atoms with E-state index < -0.39 is 0 Å². The second-order valence-corrected chi connectivity index (χ2v) is 7.20. The highest BCUT2D eigenvalue weighted by Gasteiger charge is 2.23. The monoisotopic (exact) mass is 401 g/mol. The summed E-state index contributed by atoms with van der Waals surface area (Å²) >= 11 is 8.59. The van der Waals surface area contributed by atoms with Gasteiger partial charge in [-0.1, -0.05) is 19.3 Å². The van der Waals surface area contributed by atoms with Gasteiger partial charge in [0.15, 0.2) is 5.11 Å². The van der Waals surface area contributed by atoms with Crippen molar-refractivity contribution >= 4 is 39.2 Å². The smallest absolute Gasteiger partial charge is 0.240 e. The lowest BCUT2D eigenvalue weighted by molar-refractivity contribution is -0.125. The first-order chi connectivity index (χ1) is 10.9. The van der Waals surface area contributed by atoms with Gasteiger partial charge >= 0.3 is 0 Å². The third kappa shape index (κ3) is 4.67. The average molecular weight is 402 g/mol. The molecule has 1 fully saturated rings. The molecule has 8 heteroatoms. The number of aryl methyl sites for hydroxylation is 2. The SMILES string of the molecule is Cc1nn(CCC(=O)NN(C(N)=S)C2CCCCC2)c(C)c1Br. The Balaban J connectivity index is 1.91. The predicted molar refractivity (Wildman–Crippen MR) is 97.7 cm³/mol. The number of carbonyl (C=O) groups is 1. The largest absolute Gasteiger partial charge is 0.375 e. The van der Waals surface area contributed by atoms with Gasteiger partial charge in [-0.15, -0.1) is 0 Å². The predicted octanol–water partition coefficient (Wildman–Crippen LogP) is 2.56. The number of nitrogens with one attached hydrogen (secondary N) is 1. The molecule has 0 bridgehead atoms. The first-order valence-electron chi connectivity index (χ1n) is 7.97. The van der Waals surface area contributed by atoms with E-state index in [2.05, 4.69) is 26.5 Å². The van der Waals surface area contributed by atoms with E-state index >= 15 is 0 Å². The molecule has 128 valence electrons. The minimum absolute atomic E-state index is 0.0907. The van der Waals surface area contributed by atoms with Gasteiger partial charge in [-0.3, -0.25) is 19.9 Å². The van der Waals surface area contributed by atoms with Gasteiger partial charge in [0.1, 0.15) is 0 Å². The summed E-state index contributed by atoms with van der Waals surface area (Å²) in [5, 5.41) is 6.32. The quantitative estimate of drug-likeness (QED) is 0.598.